The molecule has 0 bridgehead atoms. The normalized spacial score (nSPS) is 24.0. The summed E-state index contributed by atoms with van der Waals surface area (Å²) in [6.07, 6.45) is 2.26. The molecular weight excluding hydrogens is 122 g/mol. The first kappa shape index (κ1) is 6.37. The summed E-state index contributed by atoms with van der Waals surface area (Å²) >= 11 is 5.93. The smallest absolute Gasteiger partial charge is 0.0939 e. The van der Waals surface area contributed by atoms with Crippen LogP contribution in [0.1, 0.15) is 26.7 Å². The Morgan fingerprint density at radius 1 is 1.50 bits per heavy atom. The number of rotatable bonds is 2. The van der Waals surface area contributed by atoms with Crippen molar-refractivity contribution < 1.29 is 0 Å². The fourth-order valence-electron chi connectivity index (χ4n) is 0.771. The van der Waals surface area contributed by atoms with Gasteiger partial charge in [0.25, 0.3) is 0 Å². The number of hydrogen-bond acceptors (Lipinski definition) is 1. The number of hydrogen-bond donors (Lipinski definition) is 1. The summed E-state index contributed by atoms with van der Waals surface area (Å²) in [6, 6.07) is 0.523. The van der Waals surface area contributed by atoms with Crippen LogP contribution in [0.3, 0.4) is 0 Å². The minimum Gasteiger partial charge on any atom is -0.297 e. The van der Waals surface area contributed by atoms with E-state index in [0.29, 0.717) is 6.04 Å². The van der Waals surface area contributed by atoms with Gasteiger partial charge in [0.15, 0.2) is 0 Å². The van der Waals surface area contributed by atoms with Crippen LogP contribution in [0.4, 0.5) is 0 Å². The molecule has 0 radical (unpaired) electrons. The van der Waals surface area contributed by atoms with Crippen LogP contribution < -0.4 is 5.32 Å². The minimum absolute atomic E-state index is 0.00579. The van der Waals surface area contributed by atoms with Gasteiger partial charge in [0.2, 0.25) is 0 Å². The molecule has 1 nitrogen and oxygen atoms in total. The first-order valence-corrected chi connectivity index (χ1v) is 3.47. The topological polar surface area (TPSA) is 12.0 Å². The molecule has 1 rings (SSSR count). The first-order chi connectivity index (χ1) is 3.62. The van der Waals surface area contributed by atoms with Gasteiger partial charge in [-0.2, -0.15) is 0 Å². The largest absolute Gasteiger partial charge is 0.297 e. The molecule has 0 saturated heterocycles. The van der Waals surface area contributed by atoms with E-state index in [1.807, 2.05) is 0 Å². The average molecular weight is 134 g/mol. The molecule has 8 heavy (non-hydrogen) atoms. The second kappa shape index (κ2) is 1.89. The molecule has 0 aromatic heterocycles. The summed E-state index contributed by atoms with van der Waals surface area (Å²) in [5.41, 5.74) is 0. The molecule has 0 unspecified atom stereocenters. The molecule has 0 aromatic carbocycles. The van der Waals surface area contributed by atoms with E-state index in [2.05, 4.69) is 19.2 Å². The van der Waals surface area contributed by atoms with E-state index < -0.39 is 0 Å². The maximum absolute atomic E-state index is 5.93. The molecule has 0 spiro atoms. The van der Waals surface area contributed by atoms with Crippen molar-refractivity contribution >= 4 is 11.6 Å². The van der Waals surface area contributed by atoms with Gasteiger partial charge in [-0.25, -0.2) is 0 Å². The second-order valence-electron chi connectivity index (χ2n) is 2.76. The molecule has 0 atom stereocenters. The lowest BCUT2D eigenvalue weighted by Gasteiger charge is -2.11. The quantitative estimate of drug-likeness (QED) is 0.447. The third-order valence-electron chi connectivity index (χ3n) is 1.24. The number of halogens is 1. The van der Waals surface area contributed by atoms with Gasteiger partial charge in [-0.3, -0.25) is 5.32 Å². The molecule has 48 valence electrons. The SMILES string of the molecule is CC(C)NC1(Cl)CC1. The zero-order chi connectivity index (χ0) is 6.20. The van der Waals surface area contributed by atoms with Gasteiger partial charge < -0.3 is 0 Å². The van der Waals surface area contributed by atoms with Crippen LogP contribution in [0, 0.1) is 0 Å². The van der Waals surface area contributed by atoms with E-state index in [1.165, 1.54) is 0 Å². The Labute approximate surface area is 55.4 Å². The summed E-state index contributed by atoms with van der Waals surface area (Å²) in [4.78, 5) is -0.00579. The van der Waals surface area contributed by atoms with Crippen molar-refractivity contribution in [2.75, 3.05) is 0 Å². The summed E-state index contributed by atoms with van der Waals surface area (Å²) in [5, 5.41) is 3.26. The lowest BCUT2D eigenvalue weighted by molar-refractivity contribution is 0.551. The Hall–Kier alpha value is 0.250. The third kappa shape index (κ3) is 1.64. The standard InChI is InChI=1S/C6H12ClN/c1-5(2)8-6(7)3-4-6/h5,8H,3-4H2,1-2H3. The summed E-state index contributed by atoms with van der Waals surface area (Å²) in [7, 11) is 0. The zero-order valence-electron chi connectivity index (χ0n) is 5.37. The highest BCUT2D eigenvalue weighted by Gasteiger charge is 2.40. The van der Waals surface area contributed by atoms with Crippen molar-refractivity contribution in [3.8, 4) is 0 Å². The van der Waals surface area contributed by atoms with Crippen molar-refractivity contribution in [1.29, 1.82) is 0 Å². The highest BCUT2D eigenvalue weighted by Crippen LogP contribution is 2.39. The number of nitrogens with one attached hydrogen (secondary N) is 1. The van der Waals surface area contributed by atoms with Gasteiger partial charge in [-0.05, 0) is 26.7 Å². The lowest BCUT2D eigenvalue weighted by Crippen LogP contribution is -2.31. The van der Waals surface area contributed by atoms with Crippen molar-refractivity contribution in [2.24, 2.45) is 0 Å². The molecule has 1 N–H and O–H groups in total. The van der Waals surface area contributed by atoms with Gasteiger partial charge in [-0.15, -0.1) is 11.6 Å². The molecule has 0 aromatic rings. The van der Waals surface area contributed by atoms with Gasteiger partial charge in [-0.1, -0.05) is 0 Å². The summed E-state index contributed by atoms with van der Waals surface area (Å²) in [6.45, 7) is 4.23. The highest BCUT2D eigenvalue weighted by molar-refractivity contribution is 6.25. The van der Waals surface area contributed by atoms with Crippen LogP contribution in [-0.4, -0.2) is 11.0 Å². The Balaban J connectivity index is 2.19. The monoisotopic (exact) mass is 133 g/mol. The van der Waals surface area contributed by atoms with Crippen LogP contribution >= 0.6 is 11.6 Å². The van der Waals surface area contributed by atoms with Crippen LogP contribution in [0.5, 0.6) is 0 Å². The van der Waals surface area contributed by atoms with Gasteiger partial charge in [0, 0.05) is 6.04 Å². The molecular formula is C6H12ClN. The van der Waals surface area contributed by atoms with Crippen LogP contribution in [0.15, 0.2) is 0 Å². The average Bonchev–Trinajstić information content (AvgIpc) is 2.17. The van der Waals surface area contributed by atoms with Gasteiger partial charge in [0.1, 0.15) is 0 Å². The molecule has 1 aliphatic carbocycles. The fraction of sp³-hybridized carbons (Fsp3) is 1.00. The Morgan fingerprint density at radius 2 is 2.00 bits per heavy atom. The van der Waals surface area contributed by atoms with Crippen molar-refractivity contribution in [1.82, 2.24) is 5.32 Å². The first-order valence-electron chi connectivity index (χ1n) is 3.09. The van der Waals surface area contributed by atoms with E-state index in [4.69, 9.17) is 11.6 Å². The van der Waals surface area contributed by atoms with Gasteiger partial charge >= 0.3 is 0 Å². The highest BCUT2D eigenvalue weighted by atomic mass is 35.5. The number of alkyl halides is 1. The van der Waals surface area contributed by atoms with Crippen LogP contribution in [-0.2, 0) is 0 Å². The van der Waals surface area contributed by atoms with Crippen molar-refractivity contribution in [3.63, 3.8) is 0 Å². The maximum atomic E-state index is 5.93. The summed E-state index contributed by atoms with van der Waals surface area (Å²) in [5.74, 6) is 0. The van der Waals surface area contributed by atoms with Gasteiger partial charge in [0.05, 0.1) is 5.00 Å². The Bertz CT molecular complexity index is 86.5. The Kier molecular flexibility index (Phi) is 1.50. The molecule has 1 saturated carbocycles. The van der Waals surface area contributed by atoms with E-state index in [-0.39, 0.29) is 5.00 Å². The van der Waals surface area contributed by atoms with Crippen molar-refractivity contribution in [3.05, 3.63) is 0 Å². The molecule has 1 fully saturated rings. The molecule has 0 amide bonds. The second-order valence-corrected chi connectivity index (χ2v) is 3.49. The zero-order valence-corrected chi connectivity index (χ0v) is 6.13. The third-order valence-corrected chi connectivity index (χ3v) is 1.72. The van der Waals surface area contributed by atoms with E-state index in [1.54, 1.807) is 0 Å². The lowest BCUT2D eigenvalue weighted by atomic mass is 10.4. The fourth-order valence-corrected chi connectivity index (χ4v) is 1.08. The molecule has 0 heterocycles. The molecule has 1 aliphatic rings. The molecule has 2 heteroatoms. The predicted molar refractivity (Wildman–Crippen MR) is 36.1 cm³/mol. The Morgan fingerprint density at radius 3 is 2.12 bits per heavy atom. The predicted octanol–water partition coefficient (Wildman–Crippen LogP) is 1.71. The van der Waals surface area contributed by atoms with E-state index in [9.17, 15) is 0 Å². The van der Waals surface area contributed by atoms with Crippen LogP contribution in [0.25, 0.3) is 0 Å². The minimum atomic E-state index is -0.00579. The summed E-state index contributed by atoms with van der Waals surface area (Å²) < 4.78 is 0. The molecule has 0 aliphatic heterocycles. The van der Waals surface area contributed by atoms with Crippen LogP contribution in [0.2, 0.25) is 0 Å². The maximum Gasteiger partial charge on any atom is 0.0939 e. The van der Waals surface area contributed by atoms with E-state index in [0.717, 1.165) is 12.8 Å². The van der Waals surface area contributed by atoms with E-state index >= 15 is 0 Å². The van der Waals surface area contributed by atoms with Crippen molar-refractivity contribution in [2.45, 2.75) is 37.7 Å².